The lowest BCUT2D eigenvalue weighted by atomic mass is 10.2. The highest BCUT2D eigenvalue weighted by Crippen LogP contribution is 2.14. The van der Waals surface area contributed by atoms with E-state index < -0.39 is 5.97 Å². The summed E-state index contributed by atoms with van der Waals surface area (Å²) < 4.78 is 10.1. The first-order valence-electron chi connectivity index (χ1n) is 8.50. The zero-order chi connectivity index (χ0) is 19.2. The predicted octanol–water partition coefficient (Wildman–Crippen LogP) is 1.90. The SMILES string of the molecule is COc1ccc(C(=O)OCC(=O)N2CCN(C(=O)c3cccs3)CC2)cc1. The van der Waals surface area contributed by atoms with Crippen LogP contribution in [0.3, 0.4) is 0 Å². The number of ether oxygens (including phenoxy) is 2. The molecule has 27 heavy (non-hydrogen) atoms. The van der Waals surface area contributed by atoms with Gasteiger partial charge in [-0.15, -0.1) is 11.3 Å². The Hall–Kier alpha value is -2.87. The van der Waals surface area contributed by atoms with Crippen molar-refractivity contribution >= 4 is 29.1 Å². The number of hydrogen-bond donors (Lipinski definition) is 0. The number of hydrogen-bond acceptors (Lipinski definition) is 6. The summed E-state index contributed by atoms with van der Waals surface area (Å²) in [6.45, 7) is 1.47. The van der Waals surface area contributed by atoms with E-state index in [0.29, 0.717) is 42.4 Å². The minimum Gasteiger partial charge on any atom is -0.497 e. The summed E-state index contributed by atoms with van der Waals surface area (Å²) in [5, 5.41) is 1.87. The van der Waals surface area contributed by atoms with Gasteiger partial charge in [-0.25, -0.2) is 4.79 Å². The first-order chi connectivity index (χ1) is 13.1. The molecule has 2 amide bonds. The van der Waals surface area contributed by atoms with Crippen LogP contribution in [0.4, 0.5) is 0 Å². The molecule has 3 rings (SSSR count). The molecule has 1 saturated heterocycles. The van der Waals surface area contributed by atoms with Gasteiger partial charge in [-0.2, -0.15) is 0 Å². The molecule has 0 radical (unpaired) electrons. The smallest absolute Gasteiger partial charge is 0.338 e. The molecule has 2 aromatic rings. The molecule has 7 nitrogen and oxygen atoms in total. The van der Waals surface area contributed by atoms with E-state index in [0.717, 1.165) is 0 Å². The second-order valence-corrected chi connectivity index (χ2v) is 6.90. The summed E-state index contributed by atoms with van der Waals surface area (Å²) in [5.41, 5.74) is 0.356. The number of esters is 1. The van der Waals surface area contributed by atoms with Crippen molar-refractivity contribution in [3.63, 3.8) is 0 Å². The van der Waals surface area contributed by atoms with E-state index in [1.54, 1.807) is 47.2 Å². The number of amides is 2. The molecule has 1 aromatic heterocycles. The number of benzene rings is 1. The van der Waals surface area contributed by atoms with Gasteiger partial charge >= 0.3 is 5.97 Å². The summed E-state index contributed by atoms with van der Waals surface area (Å²) in [5.74, 6) is -0.196. The van der Waals surface area contributed by atoms with E-state index in [-0.39, 0.29) is 18.4 Å². The van der Waals surface area contributed by atoms with Gasteiger partial charge in [0.15, 0.2) is 6.61 Å². The van der Waals surface area contributed by atoms with Crippen LogP contribution in [0.1, 0.15) is 20.0 Å². The summed E-state index contributed by atoms with van der Waals surface area (Å²) >= 11 is 1.41. The molecule has 0 N–H and O–H groups in total. The monoisotopic (exact) mass is 388 g/mol. The van der Waals surface area contributed by atoms with Gasteiger partial charge in [0, 0.05) is 26.2 Å². The summed E-state index contributed by atoms with van der Waals surface area (Å²) in [6.07, 6.45) is 0. The average molecular weight is 388 g/mol. The maximum Gasteiger partial charge on any atom is 0.338 e. The number of methoxy groups -OCH3 is 1. The number of nitrogens with zero attached hydrogens (tertiary/aromatic N) is 2. The van der Waals surface area contributed by atoms with Gasteiger partial charge in [0.25, 0.3) is 11.8 Å². The fourth-order valence-electron chi connectivity index (χ4n) is 2.74. The molecular formula is C19H20N2O5S. The van der Waals surface area contributed by atoms with Crippen LogP contribution < -0.4 is 4.74 Å². The molecule has 0 saturated carbocycles. The van der Waals surface area contributed by atoms with Crippen LogP contribution in [0.2, 0.25) is 0 Å². The Morgan fingerprint density at radius 1 is 1.00 bits per heavy atom. The van der Waals surface area contributed by atoms with Crippen LogP contribution in [0.15, 0.2) is 41.8 Å². The quantitative estimate of drug-likeness (QED) is 0.732. The molecule has 1 aromatic carbocycles. The molecule has 2 heterocycles. The van der Waals surface area contributed by atoms with E-state index in [1.807, 2.05) is 11.4 Å². The summed E-state index contributed by atoms with van der Waals surface area (Å²) in [4.78, 5) is 40.6. The minimum absolute atomic E-state index is 0.0111. The van der Waals surface area contributed by atoms with Gasteiger partial charge in [-0.3, -0.25) is 9.59 Å². The molecular weight excluding hydrogens is 368 g/mol. The van der Waals surface area contributed by atoms with Gasteiger partial charge in [-0.05, 0) is 35.7 Å². The molecule has 1 aliphatic rings. The van der Waals surface area contributed by atoms with Crippen molar-refractivity contribution in [2.75, 3.05) is 39.9 Å². The van der Waals surface area contributed by atoms with Gasteiger partial charge < -0.3 is 19.3 Å². The number of carbonyl (C=O) groups is 3. The first-order valence-corrected chi connectivity index (χ1v) is 9.38. The van der Waals surface area contributed by atoms with E-state index in [4.69, 9.17) is 9.47 Å². The fraction of sp³-hybridized carbons (Fsp3) is 0.316. The second kappa shape index (κ2) is 8.68. The zero-order valence-electron chi connectivity index (χ0n) is 14.9. The molecule has 8 heteroatoms. The number of piperazine rings is 1. The van der Waals surface area contributed by atoms with Gasteiger partial charge in [0.05, 0.1) is 17.6 Å². The Bertz CT molecular complexity index is 796. The number of rotatable bonds is 5. The Kier molecular flexibility index (Phi) is 6.08. The van der Waals surface area contributed by atoms with Crippen molar-refractivity contribution < 1.29 is 23.9 Å². The van der Waals surface area contributed by atoms with Crippen LogP contribution in [0.25, 0.3) is 0 Å². The lowest BCUT2D eigenvalue weighted by Crippen LogP contribution is -2.51. The molecule has 0 spiro atoms. The van der Waals surface area contributed by atoms with Gasteiger partial charge in [0.2, 0.25) is 0 Å². The van der Waals surface area contributed by atoms with Crippen LogP contribution in [-0.4, -0.2) is 67.5 Å². The second-order valence-electron chi connectivity index (χ2n) is 5.95. The highest BCUT2D eigenvalue weighted by atomic mass is 32.1. The minimum atomic E-state index is -0.558. The van der Waals surface area contributed by atoms with Crippen LogP contribution >= 0.6 is 11.3 Å². The third-order valence-corrected chi connectivity index (χ3v) is 5.16. The molecule has 0 atom stereocenters. The van der Waals surface area contributed by atoms with Crippen LogP contribution in [0.5, 0.6) is 5.75 Å². The van der Waals surface area contributed by atoms with Crippen molar-refractivity contribution in [3.05, 3.63) is 52.2 Å². The average Bonchev–Trinajstić information content (AvgIpc) is 3.26. The van der Waals surface area contributed by atoms with Gasteiger partial charge in [0.1, 0.15) is 5.75 Å². The maximum atomic E-state index is 12.3. The zero-order valence-corrected chi connectivity index (χ0v) is 15.7. The molecule has 1 fully saturated rings. The van der Waals surface area contributed by atoms with Gasteiger partial charge in [-0.1, -0.05) is 6.07 Å². The van der Waals surface area contributed by atoms with Crippen LogP contribution in [0, 0.1) is 0 Å². The first kappa shape index (κ1) is 18.9. The Morgan fingerprint density at radius 3 is 2.26 bits per heavy atom. The van der Waals surface area contributed by atoms with E-state index in [2.05, 4.69) is 0 Å². The normalized spacial score (nSPS) is 14.0. The van der Waals surface area contributed by atoms with E-state index in [9.17, 15) is 14.4 Å². The van der Waals surface area contributed by atoms with Crippen molar-refractivity contribution in [3.8, 4) is 5.75 Å². The van der Waals surface area contributed by atoms with E-state index in [1.165, 1.54) is 11.3 Å². The topological polar surface area (TPSA) is 76.2 Å². The van der Waals surface area contributed by atoms with Crippen LogP contribution in [-0.2, 0) is 9.53 Å². The number of carbonyl (C=O) groups excluding carboxylic acids is 3. The molecule has 0 unspecified atom stereocenters. The largest absolute Gasteiger partial charge is 0.497 e. The Morgan fingerprint density at radius 2 is 1.67 bits per heavy atom. The third-order valence-electron chi connectivity index (χ3n) is 4.30. The number of thiophene rings is 1. The van der Waals surface area contributed by atoms with Crippen molar-refractivity contribution in [2.45, 2.75) is 0 Å². The maximum absolute atomic E-state index is 12.3. The summed E-state index contributed by atoms with van der Waals surface area (Å²) in [7, 11) is 1.54. The Balaban J connectivity index is 1.45. The highest BCUT2D eigenvalue weighted by molar-refractivity contribution is 7.12. The molecule has 0 bridgehead atoms. The van der Waals surface area contributed by atoms with E-state index >= 15 is 0 Å². The predicted molar refractivity (Wildman–Crippen MR) is 100 cm³/mol. The van der Waals surface area contributed by atoms with Crippen molar-refractivity contribution in [2.24, 2.45) is 0 Å². The van der Waals surface area contributed by atoms with Crippen molar-refractivity contribution in [1.29, 1.82) is 0 Å². The Labute approximate surface area is 161 Å². The molecule has 1 aliphatic heterocycles. The lowest BCUT2D eigenvalue weighted by Gasteiger charge is -2.34. The third kappa shape index (κ3) is 4.65. The molecule has 0 aliphatic carbocycles. The summed E-state index contributed by atoms with van der Waals surface area (Å²) in [6, 6.07) is 10.1. The standard InChI is InChI=1S/C19H20N2O5S/c1-25-15-6-4-14(5-7-15)19(24)26-13-17(22)20-8-10-21(11-9-20)18(23)16-3-2-12-27-16/h2-7,12H,8-11,13H2,1H3. The fourth-order valence-corrected chi connectivity index (χ4v) is 3.43. The molecule has 142 valence electrons. The highest BCUT2D eigenvalue weighted by Gasteiger charge is 2.25. The lowest BCUT2D eigenvalue weighted by molar-refractivity contribution is -0.136. The van der Waals surface area contributed by atoms with Crippen molar-refractivity contribution in [1.82, 2.24) is 9.80 Å².